The van der Waals surface area contributed by atoms with Crippen LogP contribution in [0.1, 0.15) is 43.5 Å². The minimum absolute atomic E-state index is 0.133. The van der Waals surface area contributed by atoms with Crippen LogP contribution in [0.3, 0.4) is 0 Å². The number of hydrogen-bond donors (Lipinski definition) is 1. The van der Waals surface area contributed by atoms with Gasteiger partial charge in [-0.2, -0.15) is 0 Å². The van der Waals surface area contributed by atoms with Gasteiger partial charge in [0.2, 0.25) is 10.0 Å². The molecule has 0 saturated carbocycles. The van der Waals surface area contributed by atoms with Gasteiger partial charge >= 0.3 is 0 Å². The molecule has 1 aromatic rings. The number of piperidine rings is 1. The molecule has 27 heavy (non-hydrogen) atoms. The SMILES string of the molecule is CC1CC(C)CN(CCCCNC(=O)c2cccc(S(=O)(=O)N(C)C)c2)C1. The number of nitrogens with one attached hydrogen (secondary N) is 1. The van der Waals surface area contributed by atoms with E-state index in [1.165, 1.54) is 45.7 Å². The van der Waals surface area contributed by atoms with Gasteiger partial charge in [0, 0.05) is 39.3 Å². The van der Waals surface area contributed by atoms with Gasteiger partial charge in [0.1, 0.15) is 0 Å². The van der Waals surface area contributed by atoms with Crippen LogP contribution in [-0.4, -0.2) is 63.8 Å². The average Bonchev–Trinajstić information content (AvgIpc) is 2.60. The molecule has 2 unspecified atom stereocenters. The van der Waals surface area contributed by atoms with Gasteiger partial charge in [-0.1, -0.05) is 19.9 Å². The number of carbonyl (C=O) groups excluding carboxylic acids is 1. The summed E-state index contributed by atoms with van der Waals surface area (Å²) in [5.74, 6) is 1.30. The van der Waals surface area contributed by atoms with E-state index in [-0.39, 0.29) is 10.8 Å². The van der Waals surface area contributed by atoms with Crippen LogP contribution < -0.4 is 5.32 Å². The summed E-state index contributed by atoms with van der Waals surface area (Å²) < 4.78 is 25.5. The lowest BCUT2D eigenvalue weighted by molar-refractivity contribution is 0.0951. The van der Waals surface area contributed by atoms with Crippen molar-refractivity contribution in [2.45, 2.75) is 38.0 Å². The molecule has 1 aliphatic rings. The standard InChI is InChI=1S/C20H33N3O3S/c1-16-12-17(2)15-23(14-16)11-6-5-10-21-20(24)18-8-7-9-19(13-18)27(25,26)22(3)4/h7-9,13,16-17H,5-6,10-12,14-15H2,1-4H3,(H,21,24). The smallest absolute Gasteiger partial charge is 0.251 e. The minimum Gasteiger partial charge on any atom is -0.352 e. The van der Waals surface area contributed by atoms with E-state index in [2.05, 4.69) is 24.1 Å². The molecule has 1 heterocycles. The number of unbranched alkanes of at least 4 members (excludes halogenated alkanes) is 1. The third-order valence-corrected chi connectivity index (χ3v) is 6.82. The highest BCUT2D eigenvalue weighted by atomic mass is 32.2. The Morgan fingerprint density at radius 3 is 2.48 bits per heavy atom. The summed E-state index contributed by atoms with van der Waals surface area (Å²) in [6, 6.07) is 6.18. The zero-order chi connectivity index (χ0) is 20.0. The molecule has 0 aromatic heterocycles. The predicted molar refractivity (Wildman–Crippen MR) is 108 cm³/mol. The first-order chi connectivity index (χ1) is 12.7. The number of likely N-dealkylation sites (tertiary alicyclic amines) is 1. The Labute approximate surface area is 164 Å². The van der Waals surface area contributed by atoms with Crippen molar-refractivity contribution < 1.29 is 13.2 Å². The topological polar surface area (TPSA) is 69.7 Å². The van der Waals surface area contributed by atoms with Crippen LogP contribution in [0, 0.1) is 11.8 Å². The first-order valence-electron chi connectivity index (χ1n) is 9.73. The minimum atomic E-state index is -3.54. The predicted octanol–water partition coefficient (Wildman–Crippen LogP) is 2.42. The highest BCUT2D eigenvalue weighted by Crippen LogP contribution is 2.21. The zero-order valence-corrected chi connectivity index (χ0v) is 17.8. The number of hydrogen-bond acceptors (Lipinski definition) is 4. The van der Waals surface area contributed by atoms with Crippen molar-refractivity contribution in [3.8, 4) is 0 Å². The lowest BCUT2D eigenvalue weighted by atomic mass is 9.92. The number of carbonyl (C=O) groups is 1. The van der Waals surface area contributed by atoms with E-state index in [9.17, 15) is 13.2 Å². The van der Waals surface area contributed by atoms with Gasteiger partial charge in [-0.3, -0.25) is 4.79 Å². The molecule has 2 rings (SSSR count). The maximum atomic E-state index is 12.3. The van der Waals surface area contributed by atoms with Crippen molar-refractivity contribution in [3.63, 3.8) is 0 Å². The summed E-state index contributed by atoms with van der Waals surface area (Å²) in [5.41, 5.74) is 0.372. The van der Waals surface area contributed by atoms with E-state index < -0.39 is 10.0 Å². The van der Waals surface area contributed by atoms with Crippen LogP contribution in [0.2, 0.25) is 0 Å². The lowest BCUT2D eigenvalue weighted by Gasteiger charge is -2.34. The molecule has 1 N–H and O–H groups in total. The van der Waals surface area contributed by atoms with Crippen molar-refractivity contribution in [2.75, 3.05) is 40.3 Å². The molecule has 7 heteroatoms. The monoisotopic (exact) mass is 395 g/mol. The molecule has 6 nitrogen and oxygen atoms in total. The molecular weight excluding hydrogens is 362 g/mol. The van der Waals surface area contributed by atoms with Crippen LogP contribution in [0.25, 0.3) is 0 Å². The Kier molecular flexibility index (Phi) is 7.82. The molecule has 0 radical (unpaired) electrons. The Morgan fingerprint density at radius 2 is 1.85 bits per heavy atom. The first-order valence-corrected chi connectivity index (χ1v) is 11.2. The summed E-state index contributed by atoms with van der Waals surface area (Å²) in [6.07, 6.45) is 3.28. The number of amides is 1. The Morgan fingerprint density at radius 1 is 1.19 bits per heavy atom. The lowest BCUT2D eigenvalue weighted by Crippen LogP contribution is -2.39. The van der Waals surface area contributed by atoms with Crippen LogP contribution in [0.4, 0.5) is 0 Å². The van der Waals surface area contributed by atoms with Gasteiger partial charge < -0.3 is 10.2 Å². The van der Waals surface area contributed by atoms with Gasteiger partial charge in [0.15, 0.2) is 0 Å². The number of sulfonamides is 1. The fraction of sp³-hybridized carbons (Fsp3) is 0.650. The molecule has 1 aliphatic heterocycles. The highest BCUT2D eigenvalue weighted by Gasteiger charge is 2.21. The molecule has 0 bridgehead atoms. The van der Waals surface area contributed by atoms with Gasteiger partial charge in [-0.15, -0.1) is 0 Å². The van der Waals surface area contributed by atoms with E-state index in [1.54, 1.807) is 12.1 Å². The van der Waals surface area contributed by atoms with Gasteiger partial charge in [0.05, 0.1) is 4.90 Å². The summed E-state index contributed by atoms with van der Waals surface area (Å²) in [4.78, 5) is 15.0. The van der Waals surface area contributed by atoms with Crippen molar-refractivity contribution >= 4 is 15.9 Å². The molecule has 1 amide bonds. The summed E-state index contributed by atoms with van der Waals surface area (Å²) in [5, 5.41) is 2.90. The molecule has 1 aromatic carbocycles. The van der Waals surface area contributed by atoms with E-state index in [0.717, 1.165) is 35.5 Å². The molecule has 1 saturated heterocycles. The highest BCUT2D eigenvalue weighted by molar-refractivity contribution is 7.89. The zero-order valence-electron chi connectivity index (χ0n) is 16.9. The molecule has 152 valence electrons. The van der Waals surface area contributed by atoms with Crippen molar-refractivity contribution in [2.24, 2.45) is 11.8 Å². The first kappa shape index (κ1) is 21.9. The maximum absolute atomic E-state index is 12.3. The largest absolute Gasteiger partial charge is 0.352 e. The molecule has 0 aliphatic carbocycles. The van der Waals surface area contributed by atoms with Gasteiger partial charge in [0.25, 0.3) is 5.91 Å². The van der Waals surface area contributed by atoms with E-state index >= 15 is 0 Å². The van der Waals surface area contributed by atoms with Crippen LogP contribution in [-0.2, 0) is 10.0 Å². The normalized spacial score (nSPS) is 21.4. The molecular formula is C20H33N3O3S. The third-order valence-electron chi connectivity index (χ3n) is 5.01. The number of benzene rings is 1. The Bertz CT molecular complexity index is 724. The quantitative estimate of drug-likeness (QED) is 0.687. The summed E-state index contributed by atoms with van der Waals surface area (Å²) in [7, 11) is -0.580. The maximum Gasteiger partial charge on any atom is 0.251 e. The van der Waals surface area contributed by atoms with Crippen molar-refractivity contribution in [1.82, 2.24) is 14.5 Å². The van der Waals surface area contributed by atoms with Gasteiger partial charge in [-0.05, 0) is 55.8 Å². The van der Waals surface area contributed by atoms with E-state index in [1.807, 2.05) is 0 Å². The van der Waals surface area contributed by atoms with E-state index in [0.29, 0.717) is 12.1 Å². The Hall–Kier alpha value is -1.44. The molecule has 1 fully saturated rings. The fourth-order valence-corrected chi connectivity index (χ4v) is 4.70. The molecule has 2 atom stereocenters. The Balaban J connectivity index is 1.78. The molecule has 0 spiro atoms. The van der Waals surface area contributed by atoms with E-state index in [4.69, 9.17) is 0 Å². The second-order valence-electron chi connectivity index (χ2n) is 7.98. The van der Waals surface area contributed by atoms with Gasteiger partial charge in [-0.25, -0.2) is 12.7 Å². The van der Waals surface area contributed by atoms with Crippen molar-refractivity contribution in [1.29, 1.82) is 0 Å². The second-order valence-corrected chi connectivity index (χ2v) is 10.1. The number of nitrogens with zero attached hydrogens (tertiary/aromatic N) is 2. The number of rotatable bonds is 8. The average molecular weight is 396 g/mol. The van der Waals surface area contributed by atoms with Crippen molar-refractivity contribution in [3.05, 3.63) is 29.8 Å². The summed E-state index contributed by atoms with van der Waals surface area (Å²) >= 11 is 0. The second kappa shape index (κ2) is 9.66. The summed E-state index contributed by atoms with van der Waals surface area (Å²) in [6.45, 7) is 8.64. The van der Waals surface area contributed by atoms with Crippen LogP contribution in [0.5, 0.6) is 0 Å². The fourth-order valence-electron chi connectivity index (χ4n) is 3.75. The van der Waals surface area contributed by atoms with Crippen LogP contribution in [0.15, 0.2) is 29.2 Å². The van der Waals surface area contributed by atoms with Crippen LogP contribution >= 0.6 is 0 Å². The third kappa shape index (κ3) is 6.30.